The van der Waals surface area contributed by atoms with E-state index in [0.717, 1.165) is 23.4 Å². The van der Waals surface area contributed by atoms with Crippen molar-refractivity contribution >= 4 is 11.6 Å². The average molecular weight is 292 g/mol. The van der Waals surface area contributed by atoms with Crippen molar-refractivity contribution < 1.29 is 4.74 Å². The van der Waals surface area contributed by atoms with Crippen molar-refractivity contribution in [3.63, 3.8) is 0 Å². The molecule has 0 spiro atoms. The van der Waals surface area contributed by atoms with E-state index in [2.05, 4.69) is 22.2 Å². The summed E-state index contributed by atoms with van der Waals surface area (Å²) in [4.78, 5) is 8.27. The van der Waals surface area contributed by atoms with Crippen molar-refractivity contribution in [3.8, 4) is 5.75 Å². The van der Waals surface area contributed by atoms with Gasteiger partial charge in [0.25, 0.3) is 0 Å². The van der Waals surface area contributed by atoms with Crippen molar-refractivity contribution in [1.82, 2.24) is 15.3 Å². The highest BCUT2D eigenvalue weighted by molar-refractivity contribution is 6.31. The maximum absolute atomic E-state index is 6.25. The smallest absolute Gasteiger partial charge is 0.137 e. The molecule has 0 amide bonds. The minimum atomic E-state index is -0.0246. The first-order valence-electron chi connectivity index (χ1n) is 6.66. The topological polar surface area (TPSA) is 47.0 Å². The van der Waals surface area contributed by atoms with Gasteiger partial charge in [0.1, 0.15) is 5.75 Å². The second-order valence-electron chi connectivity index (χ2n) is 4.27. The molecule has 2 rings (SSSR count). The van der Waals surface area contributed by atoms with Gasteiger partial charge in [-0.2, -0.15) is 0 Å². The van der Waals surface area contributed by atoms with Crippen LogP contribution in [0.15, 0.2) is 36.9 Å². The number of aromatic nitrogens is 2. The molecular weight excluding hydrogens is 274 g/mol. The van der Waals surface area contributed by atoms with Gasteiger partial charge < -0.3 is 10.1 Å². The Bertz CT molecular complexity index is 562. The van der Waals surface area contributed by atoms with Crippen molar-refractivity contribution in [3.05, 3.63) is 53.1 Å². The van der Waals surface area contributed by atoms with E-state index >= 15 is 0 Å². The number of rotatable bonds is 6. The van der Waals surface area contributed by atoms with Crippen molar-refractivity contribution in [2.45, 2.75) is 19.9 Å². The number of nitrogens with one attached hydrogen (secondary N) is 1. The molecule has 1 N–H and O–H groups in total. The van der Waals surface area contributed by atoms with Gasteiger partial charge in [-0.15, -0.1) is 0 Å². The third kappa shape index (κ3) is 3.46. The molecule has 0 aliphatic heterocycles. The third-order valence-electron chi connectivity index (χ3n) is 2.90. The molecule has 1 atom stereocenters. The Hall–Kier alpha value is -1.65. The van der Waals surface area contributed by atoms with Gasteiger partial charge in [-0.1, -0.05) is 18.5 Å². The third-order valence-corrected chi connectivity index (χ3v) is 3.22. The summed E-state index contributed by atoms with van der Waals surface area (Å²) in [6.07, 6.45) is 6.93. The number of hydrogen-bond donors (Lipinski definition) is 1. The molecule has 20 heavy (non-hydrogen) atoms. The van der Waals surface area contributed by atoms with Gasteiger partial charge in [-0.05, 0) is 36.7 Å². The summed E-state index contributed by atoms with van der Waals surface area (Å²) in [6, 6.07) is 3.88. The molecule has 0 bridgehead atoms. The van der Waals surface area contributed by atoms with Crippen LogP contribution >= 0.6 is 11.6 Å². The second-order valence-corrected chi connectivity index (χ2v) is 4.68. The first kappa shape index (κ1) is 14.8. The van der Waals surface area contributed by atoms with E-state index in [0.29, 0.717) is 11.6 Å². The summed E-state index contributed by atoms with van der Waals surface area (Å²) >= 11 is 6.25. The van der Waals surface area contributed by atoms with Crippen molar-refractivity contribution in [2.24, 2.45) is 0 Å². The van der Waals surface area contributed by atoms with Crippen LogP contribution in [0.3, 0.4) is 0 Å². The summed E-state index contributed by atoms with van der Waals surface area (Å²) < 4.78 is 5.51. The molecule has 0 aliphatic rings. The van der Waals surface area contributed by atoms with Crippen LogP contribution in [0.2, 0.25) is 5.02 Å². The lowest BCUT2D eigenvalue weighted by atomic mass is 10.0. The summed E-state index contributed by atoms with van der Waals surface area (Å²) in [5.41, 5.74) is 2.00. The molecule has 0 saturated heterocycles. The summed E-state index contributed by atoms with van der Waals surface area (Å²) in [5.74, 6) is 0.762. The lowest BCUT2D eigenvalue weighted by Gasteiger charge is -2.20. The maximum Gasteiger partial charge on any atom is 0.137 e. The SMILES string of the molecule is CCNC(c1cncc(OCC)c1)c1ccncc1Cl. The Morgan fingerprint density at radius 3 is 2.80 bits per heavy atom. The number of ether oxygens (including phenoxy) is 1. The fourth-order valence-corrected chi connectivity index (χ4v) is 2.30. The van der Waals surface area contributed by atoms with Crippen LogP contribution in [0.5, 0.6) is 5.75 Å². The van der Waals surface area contributed by atoms with Gasteiger partial charge >= 0.3 is 0 Å². The highest BCUT2D eigenvalue weighted by atomic mass is 35.5. The predicted octanol–water partition coefficient (Wildman–Crippen LogP) is 3.23. The summed E-state index contributed by atoms with van der Waals surface area (Å²) in [5, 5.41) is 4.06. The second kappa shape index (κ2) is 7.22. The minimum absolute atomic E-state index is 0.0246. The van der Waals surface area contributed by atoms with Crippen LogP contribution in [-0.4, -0.2) is 23.1 Å². The van der Waals surface area contributed by atoms with Gasteiger partial charge in [-0.25, -0.2) is 0 Å². The molecule has 2 aromatic rings. The van der Waals surface area contributed by atoms with Crippen LogP contribution in [0.4, 0.5) is 0 Å². The van der Waals surface area contributed by atoms with E-state index in [1.165, 1.54) is 0 Å². The van der Waals surface area contributed by atoms with E-state index in [9.17, 15) is 0 Å². The molecule has 0 radical (unpaired) electrons. The number of nitrogens with zero attached hydrogens (tertiary/aromatic N) is 2. The first-order chi connectivity index (χ1) is 9.76. The molecule has 106 valence electrons. The van der Waals surface area contributed by atoms with E-state index in [-0.39, 0.29) is 6.04 Å². The molecule has 0 fully saturated rings. The molecule has 0 aromatic carbocycles. The zero-order valence-electron chi connectivity index (χ0n) is 11.6. The average Bonchev–Trinajstić information content (AvgIpc) is 2.46. The highest BCUT2D eigenvalue weighted by Gasteiger charge is 2.17. The Kier molecular flexibility index (Phi) is 5.32. The van der Waals surface area contributed by atoms with E-state index in [1.54, 1.807) is 18.6 Å². The standard InChI is InChI=1S/C15H18ClN3O/c1-3-19-15(13-5-6-17-10-14(13)16)11-7-12(20-4-2)9-18-8-11/h5-10,15,19H,3-4H2,1-2H3. The fourth-order valence-electron chi connectivity index (χ4n) is 2.07. The van der Waals surface area contributed by atoms with Crippen molar-refractivity contribution in [2.75, 3.05) is 13.2 Å². The molecule has 2 aromatic heterocycles. The highest BCUT2D eigenvalue weighted by Crippen LogP contribution is 2.28. The molecule has 0 aliphatic carbocycles. The van der Waals surface area contributed by atoms with Gasteiger partial charge in [-0.3, -0.25) is 9.97 Å². The van der Waals surface area contributed by atoms with E-state index in [1.807, 2.05) is 25.3 Å². The van der Waals surface area contributed by atoms with E-state index in [4.69, 9.17) is 16.3 Å². The Labute approximate surface area is 124 Å². The Balaban J connectivity index is 2.38. The van der Waals surface area contributed by atoms with Crippen LogP contribution in [-0.2, 0) is 0 Å². The quantitative estimate of drug-likeness (QED) is 0.888. The van der Waals surface area contributed by atoms with E-state index < -0.39 is 0 Å². The molecule has 0 saturated carbocycles. The largest absolute Gasteiger partial charge is 0.492 e. The first-order valence-corrected chi connectivity index (χ1v) is 7.04. The lowest BCUT2D eigenvalue weighted by Crippen LogP contribution is -2.22. The maximum atomic E-state index is 6.25. The Morgan fingerprint density at radius 2 is 2.10 bits per heavy atom. The summed E-state index contributed by atoms with van der Waals surface area (Å²) in [7, 11) is 0. The van der Waals surface area contributed by atoms with Gasteiger partial charge in [0.2, 0.25) is 0 Å². The van der Waals surface area contributed by atoms with Crippen LogP contribution < -0.4 is 10.1 Å². The molecule has 5 heteroatoms. The van der Waals surface area contributed by atoms with Gasteiger partial charge in [0, 0.05) is 18.6 Å². The molecule has 4 nitrogen and oxygen atoms in total. The molecule has 1 unspecified atom stereocenters. The zero-order chi connectivity index (χ0) is 14.4. The van der Waals surface area contributed by atoms with Crippen LogP contribution in [0.25, 0.3) is 0 Å². The monoisotopic (exact) mass is 291 g/mol. The number of halogens is 1. The van der Waals surface area contributed by atoms with Gasteiger partial charge in [0.05, 0.1) is 23.9 Å². The lowest BCUT2D eigenvalue weighted by molar-refractivity contribution is 0.338. The van der Waals surface area contributed by atoms with Crippen LogP contribution in [0.1, 0.15) is 31.0 Å². The summed E-state index contributed by atoms with van der Waals surface area (Å²) in [6.45, 7) is 5.45. The molecule has 2 heterocycles. The zero-order valence-corrected chi connectivity index (χ0v) is 12.4. The number of pyridine rings is 2. The minimum Gasteiger partial charge on any atom is -0.492 e. The van der Waals surface area contributed by atoms with Crippen LogP contribution in [0, 0.1) is 0 Å². The predicted molar refractivity (Wildman–Crippen MR) is 80.2 cm³/mol. The van der Waals surface area contributed by atoms with Crippen molar-refractivity contribution in [1.29, 1.82) is 0 Å². The fraction of sp³-hybridized carbons (Fsp3) is 0.333. The molecular formula is C15H18ClN3O. The van der Waals surface area contributed by atoms with Gasteiger partial charge in [0.15, 0.2) is 0 Å². The number of hydrogen-bond acceptors (Lipinski definition) is 4. The normalized spacial score (nSPS) is 12.2. The Morgan fingerprint density at radius 1 is 1.25 bits per heavy atom.